The van der Waals surface area contributed by atoms with Gasteiger partial charge in [-0.1, -0.05) is 22.0 Å². The van der Waals surface area contributed by atoms with Crippen molar-refractivity contribution in [3.8, 4) is 5.75 Å². The average molecular weight is 414 g/mol. The van der Waals surface area contributed by atoms with Crippen LogP contribution in [0.3, 0.4) is 0 Å². The minimum atomic E-state index is 0.197. The SMILES string of the molecule is Brc1cccc(OC2CN(c3c4c(nc5ccnn35)CCNCC4)C2)c1. The van der Waals surface area contributed by atoms with E-state index in [0.717, 1.165) is 54.9 Å². The molecule has 0 aliphatic carbocycles. The van der Waals surface area contributed by atoms with E-state index >= 15 is 0 Å². The van der Waals surface area contributed by atoms with Crippen molar-refractivity contribution < 1.29 is 4.74 Å². The zero-order chi connectivity index (χ0) is 17.5. The van der Waals surface area contributed by atoms with Crippen molar-refractivity contribution in [3.05, 3.63) is 52.3 Å². The van der Waals surface area contributed by atoms with Gasteiger partial charge in [-0.2, -0.15) is 9.61 Å². The summed E-state index contributed by atoms with van der Waals surface area (Å²) in [7, 11) is 0. The van der Waals surface area contributed by atoms with Crippen LogP contribution < -0.4 is 15.0 Å². The molecule has 0 atom stereocenters. The molecule has 5 rings (SSSR count). The number of aromatic nitrogens is 3. The number of halogens is 1. The lowest BCUT2D eigenvalue weighted by atomic mass is 10.1. The number of nitrogens with zero attached hydrogens (tertiary/aromatic N) is 4. The topological polar surface area (TPSA) is 54.7 Å². The Morgan fingerprint density at radius 3 is 2.92 bits per heavy atom. The minimum absolute atomic E-state index is 0.197. The first-order valence-corrected chi connectivity index (χ1v) is 9.80. The summed E-state index contributed by atoms with van der Waals surface area (Å²) >= 11 is 3.50. The largest absolute Gasteiger partial charge is 0.487 e. The van der Waals surface area contributed by atoms with Crippen molar-refractivity contribution in [2.45, 2.75) is 18.9 Å². The van der Waals surface area contributed by atoms with Crippen LogP contribution in [0.2, 0.25) is 0 Å². The van der Waals surface area contributed by atoms with Gasteiger partial charge < -0.3 is 15.0 Å². The van der Waals surface area contributed by atoms with Gasteiger partial charge in [-0.25, -0.2) is 4.98 Å². The summed E-state index contributed by atoms with van der Waals surface area (Å²) in [6, 6.07) is 10.0. The molecule has 4 heterocycles. The van der Waals surface area contributed by atoms with Gasteiger partial charge in [0, 0.05) is 29.1 Å². The van der Waals surface area contributed by atoms with E-state index in [0.29, 0.717) is 0 Å². The second-order valence-electron chi connectivity index (χ2n) is 6.81. The summed E-state index contributed by atoms with van der Waals surface area (Å²) in [6.07, 6.45) is 3.98. The molecule has 1 aromatic carbocycles. The molecule has 1 N–H and O–H groups in total. The van der Waals surface area contributed by atoms with Crippen molar-refractivity contribution in [2.75, 3.05) is 31.1 Å². The van der Waals surface area contributed by atoms with Crippen molar-refractivity contribution in [2.24, 2.45) is 0 Å². The second-order valence-corrected chi connectivity index (χ2v) is 7.73. The Morgan fingerprint density at radius 1 is 1.15 bits per heavy atom. The number of benzene rings is 1. The van der Waals surface area contributed by atoms with Gasteiger partial charge >= 0.3 is 0 Å². The lowest BCUT2D eigenvalue weighted by Crippen LogP contribution is -2.55. The van der Waals surface area contributed by atoms with Crippen LogP contribution >= 0.6 is 15.9 Å². The van der Waals surface area contributed by atoms with E-state index in [2.05, 4.69) is 31.2 Å². The van der Waals surface area contributed by atoms with Gasteiger partial charge in [0.25, 0.3) is 0 Å². The van der Waals surface area contributed by atoms with Crippen LogP contribution in [-0.2, 0) is 12.8 Å². The van der Waals surface area contributed by atoms with Crippen LogP contribution in [0.1, 0.15) is 11.3 Å². The van der Waals surface area contributed by atoms with E-state index in [9.17, 15) is 0 Å². The van der Waals surface area contributed by atoms with Gasteiger partial charge in [0.1, 0.15) is 17.7 Å². The number of fused-ring (bicyclic) bond motifs is 2. The van der Waals surface area contributed by atoms with Gasteiger partial charge in [-0.15, -0.1) is 0 Å². The maximum absolute atomic E-state index is 6.12. The van der Waals surface area contributed by atoms with Crippen molar-refractivity contribution in [1.29, 1.82) is 0 Å². The molecule has 0 spiro atoms. The fraction of sp³-hybridized carbons (Fsp3) is 0.368. The molecule has 1 fully saturated rings. The molecule has 2 aromatic heterocycles. The highest BCUT2D eigenvalue weighted by molar-refractivity contribution is 9.10. The quantitative estimate of drug-likeness (QED) is 0.714. The summed E-state index contributed by atoms with van der Waals surface area (Å²) < 4.78 is 9.14. The number of nitrogens with one attached hydrogen (secondary N) is 1. The zero-order valence-electron chi connectivity index (χ0n) is 14.4. The molecule has 3 aromatic rings. The van der Waals surface area contributed by atoms with Crippen LogP contribution in [0.25, 0.3) is 5.65 Å². The average Bonchev–Trinajstić information content (AvgIpc) is 2.93. The summed E-state index contributed by atoms with van der Waals surface area (Å²) in [5.41, 5.74) is 3.46. The normalized spacial score (nSPS) is 17.7. The lowest BCUT2D eigenvalue weighted by molar-refractivity contribution is 0.166. The van der Waals surface area contributed by atoms with Crippen LogP contribution in [0, 0.1) is 0 Å². The Morgan fingerprint density at radius 2 is 2.04 bits per heavy atom. The van der Waals surface area contributed by atoms with Gasteiger partial charge in [0.2, 0.25) is 0 Å². The molecule has 0 saturated carbocycles. The van der Waals surface area contributed by atoms with Crippen LogP contribution in [0.15, 0.2) is 41.0 Å². The molecule has 2 aliphatic rings. The molecule has 0 unspecified atom stereocenters. The third-order valence-corrected chi connectivity index (χ3v) is 5.52. The Labute approximate surface area is 160 Å². The molecular weight excluding hydrogens is 394 g/mol. The zero-order valence-corrected chi connectivity index (χ0v) is 15.9. The van der Waals surface area contributed by atoms with Crippen molar-refractivity contribution in [1.82, 2.24) is 19.9 Å². The number of hydrogen-bond donors (Lipinski definition) is 1. The van der Waals surface area contributed by atoms with E-state index in [1.165, 1.54) is 17.1 Å². The Bertz CT molecular complexity index is 950. The Balaban J connectivity index is 1.41. The van der Waals surface area contributed by atoms with Crippen molar-refractivity contribution >= 4 is 27.4 Å². The monoisotopic (exact) mass is 413 g/mol. The van der Waals surface area contributed by atoms with Gasteiger partial charge in [-0.3, -0.25) is 0 Å². The summed E-state index contributed by atoms with van der Waals surface area (Å²) in [6.45, 7) is 3.70. The van der Waals surface area contributed by atoms with Crippen molar-refractivity contribution in [3.63, 3.8) is 0 Å². The molecule has 1 saturated heterocycles. The molecular formula is C19H20BrN5O. The smallest absolute Gasteiger partial charge is 0.157 e. The molecule has 0 amide bonds. The Hall–Kier alpha value is -2.12. The number of anilines is 1. The highest BCUT2D eigenvalue weighted by atomic mass is 79.9. The fourth-order valence-corrected chi connectivity index (χ4v) is 4.14. The minimum Gasteiger partial charge on any atom is -0.487 e. The number of rotatable bonds is 3. The van der Waals surface area contributed by atoms with Gasteiger partial charge in [-0.05, 0) is 31.2 Å². The molecule has 134 valence electrons. The van der Waals surface area contributed by atoms with E-state index < -0.39 is 0 Å². The molecule has 0 radical (unpaired) electrons. The van der Waals surface area contributed by atoms with Gasteiger partial charge in [0.05, 0.1) is 25.0 Å². The molecule has 7 heteroatoms. The Kier molecular flexibility index (Phi) is 4.05. The first kappa shape index (κ1) is 16.1. The second kappa shape index (κ2) is 6.55. The lowest BCUT2D eigenvalue weighted by Gasteiger charge is -2.41. The number of ether oxygens (including phenoxy) is 1. The van der Waals surface area contributed by atoms with E-state index in [4.69, 9.17) is 9.72 Å². The summed E-state index contributed by atoms with van der Waals surface area (Å²) in [5, 5.41) is 8.00. The molecule has 0 bridgehead atoms. The molecule has 26 heavy (non-hydrogen) atoms. The maximum atomic E-state index is 6.12. The van der Waals surface area contributed by atoms with E-state index in [1.54, 1.807) is 0 Å². The van der Waals surface area contributed by atoms with Crippen LogP contribution in [0.5, 0.6) is 5.75 Å². The van der Waals surface area contributed by atoms with Crippen LogP contribution in [0.4, 0.5) is 5.82 Å². The number of hydrogen-bond acceptors (Lipinski definition) is 5. The van der Waals surface area contributed by atoms with Crippen LogP contribution in [-0.4, -0.2) is 46.9 Å². The first-order valence-electron chi connectivity index (χ1n) is 9.01. The predicted octanol–water partition coefficient (Wildman–Crippen LogP) is 2.45. The molecule has 2 aliphatic heterocycles. The standard InChI is InChI=1S/C19H20BrN5O/c20-13-2-1-3-14(10-13)26-15-11-24(12-15)19-16-4-7-21-8-5-17(16)23-18-6-9-22-25(18)19/h1-3,6,9-10,15,21H,4-5,7-8,11-12H2. The highest BCUT2D eigenvalue weighted by Gasteiger charge is 2.33. The van der Waals surface area contributed by atoms with E-state index in [1.807, 2.05) is 41.0 Å². The van der Waals surface area contributed by atoms with Gasteiger partial charge in [0.15, 0.2) is 5.65 Å². The molecule has 6 nitrogen and oxygen atoms in total. The maximum Gasteiger partial charge on any atom is 0.157 e. The highest BCUT2D eigenvalue weighted by Crippen LogP contribution is 2.31. The first-order chi connectivity index (χ1) is 12.8. The third-order valence-electron chi connectivity index (χ3n) is 5.03. The predicted molar refractivity (Wildman–Crippen MR) is 104 cm³/mol. The summed E-state index contributed by atoms with van der Waals surface area (Å²) in [5.74, 6) is 2.10. The summed E-state index contributed by atoms with van der Waals surface area (Å²) in [4.78, 5) is 7.20. The van der Waals surface area contributed by atoms with E-state index in [-0.39, 0.29) is 6.10 Å². The fourth-order valence-electron chi connectivity index (χ4n) is 3.76. The third kappa shape index (κ3) is 2.85.